The number of anilines is 1. The zero-order valence-electron chi connectivity index (χ0n) is 11.0. The smallest absolute Gasteiger partial charge is 0.232 e. The van der Waals surface area contributed by atoms with Gasteiger partial charge in [0.15, 0.2) is 0 Å². The topological polar surface area (TPSA) is 54.3 Å². The summed E-state index contributed by atoms with van der Waals surface area (Å²) in [6, 6.07) is 7.96. The van der Waals surface area contributed by atoms with Crippen molar-refractivity contribution in [2.45, 2.75) is 19.3 Å². The van der Waals surface area contributed by atoms with Crippen molar-refractivity contribution in [3.63, 3.8) is 0 Å². The Morgan fingerprint density at radius 1 is 1.42 bits per heavy atom. The number of hydrogen-bond donors (Lipinski definition) is 2. The fourth-order valence-corrected chi connectivity index (χ4v) is 2.76. The van der Waals surface area contributed by atoms with Gasteiger partial charge in [-0.3, -0.25) is 4.79 Å². The number of benzene rings is 1. The molecule has 1 aliphatic carbocycles. The first-order valence-corrected chi connectivity index (χ1v) is 6.63. The fourth-order valence-electron chi connectivity index (χ4n) is 2.76. The zero-order chi connectivity index (χ0) is 13.5. The van der Waals surface area contributed by atoms with Gasteiger partial charge in [0.05, 0.1) is 17.7 Å². The molecule has 3 rings (SSSR count). The molecule has 0 unspecified atom stereocenters. The molecule has 0 spiro atoms. The van der Waals surface area contributed by atoms with Gasteiger partial charge in [0.2, 0.25) is 5.91 Å². The number of aliphatic hydroxyl groups excluding tert-OH is 1. The molecule has 4 heteroatoms. The van der Waals surface area contributed by atoms with Gasteiger partial charge in [-0.1, -0.05) is 24.6 Å². The van der Waals surface area contributed by atoms with Crippen molar-refractivity contribution in [2.24, 2.45) is 12.5 Å². The molecule has 1 heterocycles. The number of carbonyl (C=O) groups is 1. The van der Waals surface area contributed by atoms with Crippen LogP contribution in [-0.2, 0) is 11.8 Å². The number of nitrogens with one attached hydrogen (secondary N) is 1. The Labute approximate surface area is 112 Å². The van der Waals surface area contributed by atoms with Crippen molar-refractivity contribution in [1.82, 2.24) is 4.57 Å². The molecule has 1 saturated carbocycles. The number of rotatable bonds is 3. The molecule has 1 fully saturated rings. The number of hydrogen-bond acceptors (Lipinski definition) is 2. The Kier molecular flexibility index (Phi) is 2.82. The summed E-state index contributed by atoms with van der Waals surface area (Å²) in [6.45, 7) is -0.0659. The van der Waals surface area contributed by atoms with E-state index in [1.165, 1.54) is 0 Å². The van der Waals surface area contributed by atoms with Crippen LogP contribution in [0.5, 0.6) is 0 Å². The predicted molar refractivity (Wildman–Crippen MR) is 74.9 cm³/mol. The monoisotopic (exact) mass is 258 g/mol. The Bertz CT molecular complexity index is 621. The lowest BCUT2D eigenvalue weighted by atomic mass is 9.68. The minimum atomic E-state index is -0.559. The van der Waals surface area contributed by atoms with Crippen molar-refractivity contribution in [1.29, 1.82) is 0 Å². The Morgan fingerprint density at radius 2 is 2.16 bits per heavy atom. The number of para-hydroxylation sites is 1. The van der Waals surface area contributed by atoms with Gasteiger partial charge < -0.3 is 15.0 Å². The van der Waals surface area contributed by atoms with Gasteiger partial charge in [-0.05, 0) is 18.9 Å². The molecule has 100 valence electrons. The van der Waals surface area contributed by atoms with Crippen LogP contribution in [0, 0.1) is 5.41 Å². The van der Waals surface area contributed by atoms with Gasteiger partial charge in [0.1, 0.15) is 0 Å². The van der Waals surface area contributed by atoms with Crippen LogP contribution >= 0.6 is 0 Å². The number of carbonyl (C=O) groups excluding carboxylic acids is 1. The second-order valence-electron chi connectivity index (χ2n) is 5.42. The number of fused-ring (bicyclic) bond motifs is 1. The van der Waals surface area contributed by atoms with E-state index in [2.05, 4.69) is 5.32 Å². The van der Waals surface area contributed by atoms with Crippen LogP contribution in [0.4, 0.5) is 5.69 Å². The molecule has 0 aliphatic heterocycles. The third kappa shape index (κ3) is 1.83. The Balaban J connectivity index is 1.91. The Morgan fingerprint density at radius 3 is 2.79 bits per heavy atom. The average Bonchev–Trinajstić information content (AvgIpc) is 2.66. The largest absolute Gasteiger partial charge is 0.395 e. The molecule has 0 saturated heterocycles. The lowest BCUT2D eigenvalue weighted by molar-refractivity contribution is -0.133. The normalized spacial score (nSPS) is 17.2. The minimum Gasteiger partial charge on any atom is -0.395 e. The van der Waals surface area contributed by atoms with Gasteiger partial charge in [0, 0.05) is 24.1 Å². The van der Waals surface area contributed by atoms with Gasteiger partial charge in [-0.15, -0.1) is 0 Å². The van der Waals surface area contributed by atoms with Crippen molar-refractivity contribution < 1.29 is 9.90 Å². The number of aryl methyl sites for hydroxylation is 1. The summed E-state index contributed by atoms with van der Waals surface area (Å²) in [6.07, 6.45) is 4.50. The zero-order valence-corrected chi connectivity index (χ0v) is 11.0. The third-order valence-electron chi connectivity index (χ3n) is 4.24. The molecule has 1 aromatic carbocycles. The van der Waals surface area contributed by atoms with E-state index in [1.807, 2.05) is 42.1 Å². The second kappa shape index (κ2) is 4.38. The van der Waals surface area contributed by atoms with Crippen molar-refractivity contribution in [3.05, 3.63) is 30.5 Å². The van der Waals surface area contributed by atoms with Crippen LogP contribution < -0.4 is 5.32 Å². The van der Waals surface area contributed by atoms with E-state index >= 15 is 0 Å². The summed E-state index contributed by atoms with van der Waals surface area (Å²) in [7, 11) is 1.96. The summed E-state index contributed by atoms with van der Waals surface area (Å²) in [4.78, 5) is 12.3. The maximum atomic E-state index is 12.3. The molecule has 0 bridgehead atoms. The van der Waals surface area contributed by atoms with Gasteiger partial charge in [-0.2, -0.15) is 0 Å². The lowest BCUT2D eigenvalue weighted by Gasteiger charge is -2.38. The van der Waals surface area contributed by atoms with Crippen molar-refractivity contribution in [2.75, 3.05) is 11.9 Å². The molecule has 0 atom stereocenters. The van der Waals surface area contributed by atoms with E-state index in [9.17, 15) is 9.90 Å². The summed E-state index contributed by atoms with van der Waals surface area (Å²) >= 11 is 0. The van der Waals surface area contributed by atoms with Crippen LogP contribution in [0.25, 0.3) is 10.9 Å². The third-order valence-corrected chi connectivity index (χ3v) is 4.24. The first kappa shape index (κ1) is 12.2. The van der Waals surface area contributed by atoms with E-state index in [4.69, 9.17) is 0 Å². The fraction of sp³-hybridized carbons (Fsp3) is 0.400. The molecular weight excluding hydrogens is 240 g/mol. The molecule has 19 heavy (non-hydrogen) atoms. The highest BCUT2D eigenvalue weighted by Crippen LogP contribution is 2.41. The van der Waals surface area contributed by atoms with Crippen LogP contribution in [0.2, 0.25) is 0 Å². The van der Waals surface area contributed by atoms with Gasteiger partial charge in [-0.25, -0.2) is 0 Å². The SMILES string of the molecule is Cn1cc(NC(=O)C2(CO)CCC2)c2ccccc21. The van der Waals surface area contributed by atoms with Crippen LogP contribution in [0.15, 0.2) is 30.5 Å². The van der Waals surface area contributed by atoms with Crippen LogP contribution in [0.1, 0.15) is 19.3 Å². The highest BCUT2D eigenvalue weighted by Gasteiger charge is 2.43. The van der Waals surface area contributed by atoms with Crippen LogP contribution in [-0.4, -0.2) is 22.2 Å². The predicted octanol–water partition coefficient (Wildman–Crippen LogP) is 2.28. The number of aromatic nitrogens is 1. The molecule has 1 amide bonds. The van der Waals surface area contributed by atoms with E-state index in [0.29, 0.717) is 0 Å². The molecule has 0 radical (unpaired) electrons. The maximum absolute atomic E-state index is 12.3. The second-order valence-corrected chi connectivity index (χ2v) is 5.42. The summed E-state index contributed by atoms with van der Waals surface area (Å²) < 4.78 is 2.00. The highest BCUT2D eigenvalue weighted by atomic mass is 16.3. The van der Waals surface area contributed by atoms with Crippen molar-refractivity contribution in [3.8, 4) is 0 Å². The maximum Gasteiger partial charge on any atom is 0.232 e. The quantitative estimate of drug-likeness (QED) is 0.887. The molecular formula is C15H18N2O2. The minimum absolute atomic E-state index is 0.0578. The summed E-state index contributed by atoms with van der Waals surface area (Å²) in [5, 5.41) is 13.5. The number of nitrogens with zero attached hydrogens (tertiary/aromatic N) is 1. The average molecular weight is 258 g/mol. The molecule has 1 aromatic heterocycles. The first-order chi connectivity index (χ1) is 9.16. The van der Waals surface area contributed by atoms with Crippen molar-refractivity contribution >= 4 is 22.5 Å². The summed E-state index contributed by atoms with van der Waals surface area (Å²) in [5.41, 5.74) is 1.35. The van der Waals surface area contributed by atoms with E-state index in [0.717, 1.165) is 35.9 Å². The Hall–Kier alpha value is -1.81. The van der Waals surface area contributed by atoms with Gasteiger partial charge in [0.25, 0.3) is 0 Å². The van der Waals surface area contributed by atoms with Crippen LogP contribution in [0.3, 0.4) is 0 Å². The van der Waals surface area contributed by atoms with E-state index < -0.39 is 5.41 Å². The highest BCUT2D eigenvalue weighted by molar-refractivity contribution is 6.04. The standard InChI is InChI=1S/C15H18N2O2/c1-17-9-12(11-5-2-3-6-13(11)17)16-14(19)15(10-18)7-4-8-15/h2-3,5-6,9,18H,4,7-8,10H2,1H3,(H,16,19). The van der Waals surface area contributed by atoms with E-state index in [-0.39, 0.29) is 12.5 Å². The van der Waals surface area contributed by atoms with E-state index in [1.54, 1.807) is 0 Å². The molecule has 4 nitrogen and oxygen atoms in total. The molecule has 2 aromatic rings. The number of amides is 1. The number of aliphatic hydroxyl groups is 1. The molecule has 1 aliphatic rings. The summed E-state index contributed by atoms with van der Waals surface area (Å²) in [5.74, 6) is -0.0578. The van der Waals surface area contributed by atoms with Gasteiger partial charge >= 0.3 is 0 Å². The molecule has 2 N–H and O–H groups in total. The lowest BCUT2D eigenvalue weighted by Crippen LogP contribution is -2.44. The first-order valence-electron chi connectivity index (χ1n) is 6.63.